The standard InChI is InChI=1S/C20H24ClN3O4S/c21-16-4-5-18-19(11-16)28-17(14-27-18)13-22-12-15-6-9-24(10-7-15)29(25,26)20-3-1-2-8-23-20/h1-5,8,11,15,17,22H,6-7,9-10,12-14H2. The molecule has 1 fully saturated rings. The summed E-state index contributed by atoms with van der Waals surface area (Å²) in [6.45, 7) is 3.00. The van der Waals surface area contributed by atoms with E-state index in [0.717, 1.165) is 19.4 Å². The highest BCUT2D eigenvalue weighted by Gasteiger charge is 2.30. The van der Waals surface area contributed by atoms with Gasteiger partial charge in [0.25, 0.3) is 10.0 Å². The van der Waals surface area contributed by atoms with Crippen LogP contribution in [0.15, 0.2) is 47.6 Å². The number of piperidine rings is 1. The lowest BCUT2D eigenvalue weighted by atomic mass is 9.98. The second-order valence-corrected chi connectivity index (χ2v) is 9.64. The fourth-order valence-electron chi connectivity index (χ4n) is 3.62. The molecule has 0 spiro atoms. The first-order valence-electron chi connectivity index (χ1n) is 9.73. The van der Waals surface area contributed by atoms with Gasteiger partial charge in [0.2, 0.25) is 0 Å². The summed E-state index contributed by atoms with van der Waals surface area (Å²) in [6, 6.07) is 10.3. The van der Waals surface area contributed by atoms with Gasteiger partial charge >= 0.3 is 0 Å². The number of aromatic nitrogens is 1. The third-order valence-electron chi connectivity index (χ3n) is 5.24. The molecule has 4 rings (SSSR count). The van der Waals surface area contributed by atoms with E-state index in [4.69, 9.17) is 21.1 Å². The van der Waals surface area contributed by atoms with Crippen LogP contribution in [0.3, 0.4) is 0 Å². The van der Waals surface area contributed by atoms with Crippen molar-refractivity contribution in [3.63, 3.8) is 0 Å². The molecule has 1 aromatic carbocycles. The van der Waals surface area contributed by atoms with E-state index in [1.165, 1.54) is 10.5 Å². The molecule has 1 aromatic heterocycles. The molecule has 3 heterocycles. The minimum absolute atomic E-state index is 0.0782. The van der Waals surface area contributed by atoms with E-state index in [9.17, 15) is 8.42 Å². The van der Waals surface area contributed by atoms with Gasteiger partial charge in [-0.15, -0.1) is 0 Å². The van der Waals surface area contributed by atoms with Crippen LogP contribution >= 0.6 is 11.6 Å². The minimum atomic E-state index is -3.50. The summed E-state index contributed by atoms with van der Waals surface area (Å²) in [5, 5.41) is 4.17. The highest BCUT2D eigenvalue weighted by molar-refractivity contribution is 7.89. The minimum Gasteiger partial charge on any atom is -0.486 e. The van der Waals surface area contributed by atoms with Crippen LogP contribution in [0.1, 0.15) is 12.8 Å². The number of halogens is 1. The summed E-state index contributed by atoms with van der Waals surface area (Å²) in [5.74, 6) is 1.81. The molecule has 7 nitrogen and oxygen atoms in total. The zero-order chi connectivity index (χ0) is 20.3. The van der Waals surface area contributed by atoms with Crippen molar-refractivity contribution in [3.05, 3.63) is 47.6 Å². The van der Waals surface area contributed by atoms with Gasteiger partial charge in [-0.3, -0.25) is 0 Å². The van der Waals surface area contributed by atoms with Crippen LogP contribution in [0.2, 0.25) is 5.02 Å². The van der Waals surface area contributed by atoms with Crippen molar-refractivity contribution in [2.24, 2.45) is 5.92 Å². The average Bonchev–Trinajstić information content (AvgIpc) is 2.74. The topological polar surface area (TPSA) is 80.8 Å². The molecular weight excluding hydrogens is 414 g/mol. The fourth-order valence-corrected chi connectivity index (χ4v) is 5.19. The van der Waals surface area contributed by atoms with Crippen molar-refractivity contribution < 1.29 is 17.9 Å². The second kappa shape index (κ2) is 8.87. The van der Waals surface area contributed by atoms with Gasteiger partial charge in [0.15, 0.2) is 16.5 Å². The van der Waals surface area contributed by atoms with Crippen molar-refractivity contribution in [3.8, 4) is 11.5 Å². The number of nitrogens with one attached hydrogen (secondary N) is 1. The molecule has 1 saturated heterocycles. The van der Waals surface area contributed by atoms with Crippen molar-refractivity contribution in [2.45, 2.75) is 24.0 Å². The average molecular weight is 438 g/mol. The lowest BCUT2D eigenvalue weighted by Gasteiger charge is -2.32. The molecule has 0 amide bonds. The third-order valence-corrected chi connectivity index (χ3v) is 7.29. The predicted molar refractivity (Wildman–Crippen MR) is 110 cm³/mol. The molecule has 0 radical (unpaired) electrons. The van der Waals surface area contributed by atoms with Crippen LogP contribution in [0, 0.1) is 5.92 Å². The third kappa shape index (κ3) is 4.83. The molecule has 2 aliphatic rings. The van der Waals surface area contributed by atoms with Crippen LogP contribution in [0.4, 0.5) is 0 Å². The van der Waals surface area contributed by atoms with Crippen LogP contribution in [-0.4, -0.2) is 56.6 Å². The van der Waals surface area contributed by atoms with Crippen LogP contribution in [0.5, 0.6) is 11.5 Å². The van der Waals surface area contributed by atoms with Gasteiger partial charge in [0.05, 0.1) is 0 Å². The number of nitrogens with zero attached hydrogens (tertiary/aromatic N) is 2. The molecule has 29 heavy (non-hydrogen) atoms. The first kappa shape index (κ1) is 20.4. The summed E-state index contributed by atoms with van der Waals surface area (Å²) in [7, 11) is -3.50. The van der Waals surface area contributed by atoms with E-state index >= 15 is 0 Å². The zero-order valence-electron chi connectivity index (χ0n) is 16.0. The molecule has 1 atom stereocenters. The van der Waals surface area contributed by atoms with E-state index in [1.807, 2.05) is 6.07 Å². The SMILES string of the molecule is O=S(=O)(c1ccccn1)N1CCC(CNCC2COc3ccc(Cl)cc3O2)CC1. The largest absolute Gasteiger partial charge is 0.486 e. The van der Waals surface area contributed by atoms with Gasteiger partial charge in [-0.25, -0.2) is 13.4 Å². The molecule has 2 aromatic rings. The molecule has 156 valence electrons. The Morgan fingerprint density at radius 2 is 1.97 bits per heavy atom. The fraction of sp³-hybridized carbons (Fsp3) is 0.450. The molecule has 0 aliphatic carbocycles. The van der Waals surface area contributed by atoms with Gasteiger partial charge in [-0.1, -0.05) is 17.7 Å². The second-order valence-electron chi connectivity index (χ2n) is 7.32. The summed E-state index contributed by atoms with van der Waals surface area (Å²) in [6.07, 6.45) is 3.07. The number of benzene rings is 1. The normalized spacial score (nSPS) is 20.5. The summed E-state index contributed by atoms with van der Waals surface area (Å²) < 4.78 is 38.5. The molecule has 2 aliphatic heterocycles. The van der Waals surface area contributed by atoms with Gasteiger partial charge in [0, 0.05) is 36.9 Å². The lowest BCUT2D eigenvalue weighted by molar-refractivity contribution is 0.0890. The molecule has 1 N–H and O–H groups in total. The smallest absolute Gasteiger partial charge is 0.260 e. The van der Waals surface area contributed by atoms with Crippen molar-refractivity contribution in [1.29, 1.82) is 0 Å². The van der Waals surface area contributed by atoms with Crippen molar-refractivity contribution >= 4 is 21.6 Å². The van der Waals surface area contributed by atoms with Crippen molar-refractivity contribution in [1.82, 2.24) is 14.6 Å². The predicted octanol–water partition coefficient (Wildman–Crippen LogP) is 2.57. The van der Waals surface area contributed by atoms with E-state index < -0.39 is 10.0 Å². The number of sulfonamides is 1. The number of hydrogen-bond donors (Lipinski definition) is 1. The monoisotopic (exact) mass is 437 g/mol. The van der Waals surface area contributed by atoms with E-state index in [2.05, 4.69) is 10.3 Å². The first-order valence-corrected chi connectivity index (χ1v) is 11.5. The molecule has 0 saturated carbocycles. The van der Waals surface area contributed by atoms with Gasteiger partial charge in [0.1, 0.15) is 12.7 Å². The Kier molecular flexibility index (Phi) is 6.24. The molecule has 1 unspecified atom stereocenters. The Labute approximate surface area is 176 Å². The quantitative estimate of drug-likeness (QED) is 0.748. The number of ether oxygens (including phenoxy) is 2. The highest BCUT2D eigenvalue weighted by atomic mass is 35.5. The number of fused-ring (bicyclic) bond motifs is 1. The van der Waals surface area contributed by atoms with E-state index in [1.54, 1.807) is 30.3 Å². The van der Waals surface area contributed by atoms with Gasteiger partial charge in [-0.2, -0.15) is 4.31 Å². The molecule has 9 heteroatoms. The maximum absolute atomic E-state index is 12.6. The molecule has 0 bridgehead atoms. The van der Waals surface area contributed by atoms with E-state index in [0.29, 0.717) is 48.7 Å². The Morgan fingerprint density at radius 3 is 2.72 bits per heavy atom. The van der Waals surface area contributed by atoms with Crippen LogP contribution < -0.4 is 14.8 Å². The van der Waals surface area contributed by atoms with Crippen LogP contribution in [-0.2, 0) is 10.0 Å². The number of hydrogen-bond acceptors (Lipinski definition) is 6. The lowest BCUT2D eigenvalue weighted by Crippen LogP contribution is -2.43. The van der Waals surface area contributed by atoms with Crippen LogP contribution in [0.25, 0.3) is 0 Å². The van der Waals surface area contributed by atoms with Gasteiger partial charge < -0.3 is 14.8 Å². The summed E-state index contributed by atoms with van der Waals surface area (Å²) >= 11 is 6.01. The Hall–Kier alpha value is -1.87. The Balaban J connectivity index is 1.22. The van der Waals surface area contributed by atoms with Crippen molar-refractivity contribution in [2.75, 3.05) is 32.8 Å². The zero-order valence-corrected chi connectivity index (χ0v) is 17.5. The summed E-state index contributed by atoms with van der Waals surface area (Å²) in [5.41, 5.74) is 0. The Morgan fingerprint density at radius 1 is 1.14 bits per heavy atom. The summed E-state index contributed by atoms with van der Waals surface area (Å²) in [4.78, 5) is 3.99. The highest BCUT2D eigenvalue weighted by Crippen LogP contribution is 2.34. The maximum Gasteiger partial charge on any atom is 0.260 e. The number of pyridine rings is 1. The van der Waals surface area contributed by atoms with Gasteiger partial charge in [-0.05, 0) is 49.6 Å². The number of rotatable bonds is 6. The first-order chi connectivity index (χ1) is 14.0. The molecular formula is C20H24ClN3O4S. The Bertz CT molecular complexity index is 934. The maximum atomic E-state index is 12.6. The van der Waals surface area contributed by atoms with E-state index in [-0.39, 0.29) is 11.1 Å².